The van der Waals surface area contributed by atoms with Crippen LogP contribution in [0, 0.1) is 0 Å². The zero-order valence-electron chi connectivity index (χ0n) is 13.0. The Balaban J connectivity index is 1.76. The third kappa shape index (κ3) is 3.47. The van der Waals surface area contributed by atoms with Gasteiger partial charge in [-0.05, 0) is 32.9 Å². The van der Waals surface area contributed by atoms with Gasteiger partial charge in [-0.25, -0.2) is 4.79 Å². The van der Waals surface area contributed by atoms with Crippen molar-refractivity contribution in [1.29, 1.82) is 0 Å². The maximum atomic E-state index is 11.9. The molecule has 7 nitrogen and oxygen atoms in total. The van der Waals surface area contributed by atoms with Crippen molar-refractivity contribution in [2.45, 2.75) is 38.8 Å². The van der Waals surface area contributed by atoms with Crippen molar-refractivity contribution < 1.29 is 19.1 Å². The van der Waals surface area contributed by atoms with Gasteiger partial charge in [0.1, 0.15) is 12.1 Å². The SMILES string of the molecule is C[C@@H](CC(=O)OCCN1C(=O)NC(C)(C)C1=O)n1cccc1. The van der Waals surface area contributed by atoms with Gasteiger partial charge in [-0.3, -0.25) is 14.5 Å². The molecule has 120 valence electrons. The summed E-state index contributed by atoms with van der Waals surface area (Å²) in [4.78, 5) is 36.4. The molecule has 0 aromatic carbocycles. The van der Waals surface area contributed by atoms with Gasteiger partial charge >= 0.3 is 12.0 Å². The predicted molar refractivity (Wildman–Crippen MR) is 79.0 cm³/mol. The zero-order chi connectivity index (χ0) is 16.3. The van der Waals surface area contributed by atoms with E-state index in [4.69, 9.17) is 4.74 Å². The minimum Gasteiger partial charge on any atom is -0.464 e. The van der Waals surface area contributed by atoms with E-state index in [-0.39, 0.29) is 37.5 Å². The van der Waals surface area contributed by atoms with Crippen LogP contribution in [0.1, 0.15) is 33.2 Å². The number of urea groups is 1. The number of aromatic nitrogens is 1. The number of ether oxygens (including phenoxy) is 1. The molecule has 1 aliphatic heterocycles. The van der Waals surface area contributed by atoms with Crippen molar-refractivity contribution in [3.05, 3.63) is 24.5 Å². The van der Waals surface area contributed by atoms with Crippen LogP contribution in [-0.4, -0.2) is 46.1 Å². The van der Waals surface area contributed by atoms with Crippen molar-refractivity contribution in [3.63, 3.8) is 0 Å². The Bertz CT molecular complexity index is 565. The molecule has 1 atom stereocenters. The van der Waals surface area contributed by atoms with E-state index in [2.05, 4.69) is 5.32 Å². The number of hydrogen-bond donors (Lipinski definition) is 1. The van der Waals surface area contributed by atoms with E-state index < -0.39 is 11.6 Å². The lowest BCUT2D eigenvalue weighted by molar-refractivity contribution is -0.145. The van der Waals surface area contributed by atoms with E-state index in [1.807, 2.05) is 36.0 Å². The van der Waals surface area contributed by atoms with E-state index in [1.165, 1.54) is 0 Å². The van der Waals surface area contributed by atoms with Crippen molar-refractivity contribution in [1.82, 2.24) is 14.8 Å². The van der Waals surface area contributed by atoms with Crippen LogP contribution in [0.15, 0.2) is 24.5 Å². The molecule has 7 heteroatoms. The maximum Gasteiger partial charge on any atom is 0.325 e. The molecule has 0 spiro atoms. The fourth-order valence-corrected chi connectivity index (χ4v) is 2.32. The molecule has 0 saturated carbocycles. The van der Waals surface area contributed by atoms with Crippen molar-refractivity contribution in [2.24, 2.45) is 0 Å². The highest BCUT2D eigenvalue weighted by Crippen LogP contribution is 2.16. The fourth-order valence-electron chi connectivity index (χ4n) is 2.32. The molecular weight excluding hydrogens is 286 g/mol. The molecular formula is C15H21N3O4. The Morgan fingerprint density at radius 3 is 2.50 bits per heavy atom. The molecule has 1 N–H and O–H groups in total. The van der Waals surface area contributed by atoms with Crippen LogP contribution in [0.25, 0.3) is 0 Å². The van der Waals surface area contributed by atoms with E-state index in [1.54, 1.807) is 13.8 Å². The average Bonchev–Trinajstić information content (AvgIpc) is 3.01. The van der Waals surface area contributed by atoms with Gasteiger partial charge in [0, 0.05) is 18.4 Å². The van der Waals surface area contributed by atoms with Gasteiger partial charge in [-0.1, -0.05) is 0 Å². The third-order valence-corrected chi connectivity index (χ3v) is 3.62. The zero-order valence-corrected chi connectivity index (χ0v) is 13.0. The number of carbonyl (C=O) groups excluding carboxylic acids is 3. The number of nitrogens with zero attached hydrogens (tertiary/aromatic N) is 2. The summed E-state index contributed by atoms with van der Waals surface area (Å²) >= 11 is 0. The van der Waals surface area contributed by atoms with Crippen LogP contribution in [0.5, 0.6) is 0 Å². The Hall–Kier alpha value is -2.31. The number of amides is 3. The van der Waals surface area contributed by atoms with Crippen LogP contribution in [0.3, 0.4) is 0 Å². The highest BCUT2D eigenvalue weighted by Gasteiger charge is 2.43. The standard InChI is InChI=1S/C15H21N3O4/c1-11(17-6-4-5-7-17)10-12(19)22-9-8-18-13(20)15(2,3)16-14(18)21/h4-7,11H,8-10H2,1-3H3,(H,16,21)/t11-/m0/s1. The number of rotatable bonds is 6. The van der Waals surface area contributed by atoms with Crippen LogP contribution in [-0.2, 0) is 14.3 Å². The summed E-state index contributed by atoms with van der Waals surface area (Å²) in [5.41, 5.74) is -0.899. The number of imide groups is 1. The molecule has 2 rings (SSSR count). The summed E-state index contributed by atoms with van der Waals surface area (Å²) < 4.78 is 7.03. The molecule has 1 aromatic heterocycles. The van der Waals surface area contributed by atoms with Gasteiger partial charge < -0.3 is 14.6 Å². The molecule has 0 aliphatic carbocycles. The largest absolute Gasteiger partial charge is 0.464 e. The Labute approximate surface area is 129 Å². The fraction of sp³-hybridized carbons (Fsp3) is 0.533. The van der Waals surface area contributed by atoms with Gasteiger partial charge in [-0.2, -0.15) is 0 Å². The third-order valence-electron chi connectivity index (χ3n) is 3.62. The summed E-state index contributed by atoms with van der Waals surface area (Å²) in [6, 6.07) is 3.33. The second-order valence-corrected chi connectivity index (χ2v) is 5.92. The molecule has 0 unspecified atom stereocenters. The Morgan fingerprint density at radius 1 is 1.32 bits per heavy atom. The normalized spacial score (nSPS) is 18.2. The van der Waals surface area contributed by atoms with E-state index in [0.717, 1.165) is 4.90 Å². The Kier molecular flexibility index (Phi) is 4.54. The molecule has 0 radical (unpaired) electrons. The topological polar surface area (TPSA) is 80.6 Å². The van der Waals surface area contributed by atoms with Crippen molar-refractivity contribution in [3.8, 4) is 0 Å². The highest BCUT2D eigenvalue weighted by molar-refractivity contribution is 6.06. The van der Waals surface area contributed by atoms with E-state index in [9.17, 15) is 14.4 Å². The van der Waals surface area contributed by atoms with Gasteiger partial charge in [0.15, 0.2) is 0 Å². The molecule has 1 saturated heterocycles. The van der Waals surface area contributed by atoms with Crippen molar-refractivity contribution >= 4 is 17.9 Å². The first-order chi connectivity index (χ1) is 10.3. The average molecular weight is 307 g/mol. The maximum absolute atomic E-state index is 11.9. The first kappa shape index (κ1) is 16.1. The first-order valence-corrected chi connectivity index (χ1v) is 7.23. The van der Waals surface area contributed by atoms with Crippen molar-refractivity contribution in [2.75, 3.05) is 13.2 Å². The van der Waals surface area contributed by atoms with Crippen LogP contribution < -0.4 is 5.32 Å². The summed E-state index contributed by atoms with van der Waals surface area (Å²) in [5, 5.41) is 2.58. The van der Waals surface area contributed by atoms with Gasteiger partial charge in [0.25, 0.3) is 5.91 Å². The summed E-state index contributed by atoms with van der Waals surface area (Å²) in [7, 11) is 0. The highest BCUT2D eigenvalue weighted by atomic mass is 16.5. The molecule has 3 amide bonds. The lowest BCUT2D eigenvalue weighted by atomic mass is 10.1. The van der Waals surface area contributed by atoms with Crippen LogP contribution >= 0.6 is 0 Å². The monoisotopic (exact) mass is 307 g/mol. The van der Waals surface area contributed by atoms with Crippen LogP contribution in [0.2, 0.25) is 0 Å². The van der Waals surface area contributed by atoms with Crippen LogP contribution in [0.4, 0.5) is 4.79 Å². The van der Waals surface area contributed by atoms with Gasteiger partial charge in [-0.15, -0.1) is 0 Å². The van der Waals surface area contributed by atoms with E-state index in [0.29, 0.717) is 0 Å². The first-order valence-electron chi connectivity index (χ1n) is 7.23. The second-order valence-electron chi connectivity index (χ2n) is 5.92. The molecule has 22 heavy (non-hydrogen) atoms. The smallest absolute Gasteiger partial charge is 0.325 e. The quantitative estimate of drug-likeness (QED) is 0.635. The number of carbonyl (C=O) groups is 3. The molecule has 1 fully saturated rings. The molecule has 2 heterocycles. The molecule has 1 aromatic rings. The number of esters is 1. The molecule has 0 bridgehead atoms. The number of nitrogens with one attached hydrogen (secondary N) is 1. The summed E-state index contributed by atoms with van der Waals surface area (Å²) in [5.74, 6) is -0.665. The van der Waals surface area contributed by atoms with Gasteiger partial charge in [0.2, 0.25) is 0 Å². The predicted octanol–water partition coefficient (Wildman–Crippen LogP) is 1.31. The lowest BCUT2D eigenvalue weighted by Gasteiger charge is -2.16. The summed E-state index contributed by atoms with van der Waals surface area (Å²) in [6.07, 6.45) is 4.00. The Morgan fingerprint density at radius 2 is 1.95 bits per heavy atom. The molecule has 1 aliphatic rings. The lowest BCUT2D eigenvalue weighted by Crippen LogP contribution is -2.40. The summed E-state index contributed by atoms with van der Waals surface area (Å²) in [6.45, 7) is 5.27. The second kappa shape index (κ2) is 6.21. The minimum absolute atomic E-state index is 0.00171. The number of hydrogen-bond acceptors (Lipinski definition) is 4. The van der Waals surface area contributed by atoms with E-state index >= 15 is 0 Å². The minimum atomic E-state index is -0.899. The van der Waals surface area contributed by atoms with Gasteiger partial charge in [0.05, 0.1) is 13.0 Å².